The minimum absolute atomic E-state index is 0.333. The molecule has 250 valence electrons. The molecule has 0 N–H and O–H groups in total. The van der Waals surface area contributed by atoms with Crippen LogP contribution < -0.4 is 0 Å². The molecular weight excluding hydrogens is 657 g/mol. The molecule has 0 saturated heterocycles. The second-order valence-corrected chi connectivity index (χ2v) is 13.6. The van der Waals surface area contributed by atoms with Gasteiger partial charge in [-0.3, -0.25) is 0 Å². The Kier molecular flexibility index (Phi) is 7.22. The van der Waals surface area contributed by atoms with Crippen LogP contribution >= 0.6 is 0 Å². The smallest absolute Gasteiger partial charge is 0.103 e. The molecule has 0 aliphatic heterocycles. The molecule has 0 atom stereocenters. The fourth-order valence-corrected chi connectivity index (χ4v) is 8.12. The van der Waals surface area contributed by atoms with E-state index in [0.29, 0.717) is 16.8 Å². The standard InChI is InChI=1S/C50H30N4/c51-31-39-23-27-49(53-45-19-11-10-18-40(45)41-28-36(20-24-46(41)53)33-12-4-1-5-13-33)50(44(39)32-52)54-47-25-21-37(34-14-6-2-7-15-34)29-42(47)43-30-38(22-26-48(43)54)35-16-8-3-9-17-35/h1-30H. The summed E-state index contributed by atoms with van der Waals surface area (Å²) >= 11 is 0. The highest BCUT2D eigenvalue weighted by molar-refractivity contribution is 6.13. The number of para-hydroxylation sites is 1. The third-order valence-electron chi connectivity index (χ3n) is 10.6. The molecule has 54 heavy (non-hydrogen) atoms. The van der Waals surface area contributed by atoms with Crippen molar-refractivity contribution in [2.45, 2.75) is 0 Å². The van der Waals surface area contributed by atoms with Crippen molar-refractivity contribution >= 4 is 43.6 Å². The van der Waals surface area contributed by atoms with Gasteiger partial charge in [-0.05, 0) is 88.0 Å². The van der Waals surface area contributed by atoms with E-state index < -0.39 is 0 Å². The lowest BCUT2D eigenvalue weighted by atomic mass is 10.0. The fourth-order valence-electron chi connectivity index (χ4n) is 8.12. The Labute approximate surface area is 312 Å². The molecule has 0 aliphatic carbocycles. The molecule has 0 amide bonds. The normalized spacial score (nSPS) is 11.3. The summed E-state index contributed by atoms with van der Waals surface area (Å²) in [6.45, 7) is 0. The van der Waals surface area contributed by atoms with Crippen molar-refractivity contribution in [3.8, 4) is 56.9 Å². The third-order valence-corrected chi connectivity index (χ3v) is 10.6. The summed E-state index contributed by atoms with van der Waals surface area (Å²) in [5, 5.41) is 25.7. The molecule has 2 aromatic heterocycles. The second-order valence-electron chi connectivity index (χ2n) is 13.6. The van der Waals surface area contributed by atoms with Crippen molar-refractivity contribution in [3.63, 3.8) is 0 Å². The highest BCUT2D eigenvalue weighted by Crippen LogP contribution is 2.42. The van der Waals surface area contributed by atoms with Crippen LogP contribution in [0.15, 0.2) is 182 Å². The number of rotatable bonds is 5. The van der Waals surface area contributed by atoms with Crippen molar-refractivity contribution in [1.29, 1.82) is 10.5 Å². The average Bonchev–Trinajstić information content (AvgIpc) is 3.75. The Morgan fingerprint density at radius 3 is 1.24 bits per heavy atom. The molecular formula is C50H30N4. The van der Waals surface area contributed by atoms with Gasteiger partial charge in [-0.1, -0.05) is 127 Å². The van der Waals surface area contributed by atoms with Crippen LogP contribution in [-0.2, 0) is 0 Å². The lowest BCUT2D eigenvalue weighted by Gasteiger charge is -2.19. The van der Waals surface area contributed by atoms with Crippen LogP contribution in [0.4, 0.5) is 0 Å². The van der Waals surface area contributed by atoms with Gasteiger partial charge in [-0.2, -0.15) is 10.5 Å². The number of nitriles is 2. The van der Waals surface area contributed by atoms with Crippen LogP contribution in [0, 0.1) is 22.7 Å². The van der Waals surface area contributed by atoms with Gasteiger partial charge in [-0.25, -0.2) is 0 Å². The Hall–Kier alpha value is -7.66. The van der Waals surface area contributed by atoms with E-state index in [2.05, 4.69) is 173 Å². The van der Waals surface area contributed by atoms with E-state index in [1.165, 1.54) is 0 Å². The minimum atomic E-state index is 0.333. The first-order valence-corrected chi connectivity index (χ1v) is 18.0. The molecule has 4 nitrogen and oxygen atoms in total. The van der Waals surface area contributed by atoms with Crippen LogP contribution in [0.2, 0.25) is 0 Å². The van der Waals surface area contributed by atoms with Crippen LogP contribution in [-0.4, -0.2) is 9.13 Å². The predicted octanol–water partition coefficient (Wildman–Crippen LogP) is 12.6. The molecule has 2 heterocycles. The van der Waals surface area contributed by atoms with Gasteiger partial charge in [0, 0.05) is 21.5 Å². The third kappa shape index (κ3) is 4.83. The van der Waals surface area contributed by atoms with Crippen LogP contribution in [0.5, 0.6) is 0 Å². The Morgan fingerprint density at radius 1 is 0.333 bits per heavy atom. The molecule has 10 aromatic rings. The van der Waals surface area contributed by atoms with E-state index in [4.69, 9.17) is 0 Å². The fraction of sp³-hybridized carbons (Fsp3) is 0. The molecule has 0 unspecified atom stereocenters. The summed E-state index contributed by atoms with van der Waals surface area (Å²) in [6, 6.07) is 68.0. The molecule has 0 fully saturated rings. The number of aromatic nitrogens is 2. The first-order valence-electron chi connectivity index (χ1n) is 18.0. The molecule has 0 bridgehead atoms. The molecule has 0 radical (unpaired) electrons. The van der Waals surface area contributed by atoms with Gasteiger partial charge in [0.15, 0.2) is 0 Å². The molecule has 0 aliphatic rings. The van der Waals surface area contributed by atoms with E-state index in [1.807, 2.05) is 24.3 Å². The summed E-state index contributed by atoms with van der Waals surface area (Å²) in [5.41, 5.74) is 12.9. The number of nitrogens with zero attached hydrogens (tertiary/aromatic N) is 4. The Balaban J connectivity index is 1.32. The zero-order valence-corrected chi connectivity index (χ0v) is 29.1. The number of hydrogen-bond acceptors (Lipinski definition) is 2. The van der Waals surface area contributed by atoms with Gasteiger partial charge in [0.25, 0.3) is 0 Å². The summed E-state index contributed by atoms with van der Waals surface area (Å²) in [6.07, 6.45) is 0. The summed E-state index contributed by atoms with van der Waals surface area (Å²) in [5.74, 6) is 0. The number of fused-ring (bicyclic) bond motifs is 6. The van der Waals surface area contributed by atoms with Crippen molar-refractivity contribution in [2.75, 3.05) is 0 Å². The highest BCUT2D eigenvalue weighted by Gasteiger charge is 2.24. The SMILES string of the molecule is N#Cc1ccc(-n2c3ccccc3c3cc(-c4ccccc4)ccc32)c(-n2c3ccc(-c4ccccc4)cc3c3cc(-c4ccccc4)ccc32)c1C#N. The molecule has 4 heteroatoms. The van der Waals surface area contributed by atoms with Crippen molar-refractivity contribution in [2.24, 2.45) is 0 Å². The monoisotopic (exact) mass is 686 g/mol. The maximum absolute atomic E-state index is 10.9. The van der Waals surface area contributed by atoms with Crippen molar-refractivity contribution < 1.29 is 0 Å². The Morgan fingerprint density at radius 2 is 0.759 bits per heavy atom. The van der Waals surface area contributed by atoms with Crippen LogP contribution in [0.25, 0.3) is 88.4 Å². The van der Waals surface area contributed by atoms with Gasteiger partial charge in [0.05, 0.1) is 44.6 Å². The van der Waals surface area contributed by atoms with Crippen molar-refractivity contribution in [3.05, 3.63) is 193 Å². The highest BCUT2D eigenvalue weighted by atomic mass is 15.1. The first kappa shape index (κ1) is 31.1. The largest absolute Gasteiger partial charge is 0.307 e. The predicted molar refractivity (Wildman–Crippen MR) is 221 cm³/mol. The van der Waals surface area contributed by atoms with E-state index in [1.54, 1.807) is 6.07 Å². The van der Waals surface area contributed by atoms with E-state index in [9.17, 15) is 10.5 Å². The zero-order valence-electron chi connectivity index (χ0n) is 29.1. The molecule has 10 rings (SSSR count). The van der Waals surface area contributed by atoms with E-state index >= 15 is 0 Å². The Bertz CT molecular complexity index is 3060. The van der Waals surface area contributed by atoms with Crippen LogP contribution in [0.3, 0.4) is 0 Å². The van der Waals surface area contributed by atoms with E-state index in [0.717, 1.165) is 82.7 Å². The summed E-state index contributed by atoms with van der Waals surface area (Å²) in [4.78, 5) is 0. The topological polar surface area (TPSA) is 57.4 Å². The average molecular weight is 687 g/mol. The minimum Gasteiger partial charge on any atom is -0.307 e. The van der Waals surface area contributed by atoms with E-state index in [-0.39, 0.29) is 0 Å². The summed E-state index contributed by atoms with van der Waals surface area (Å²) in [7, 11) is 0. The van der Waals surface area contributed by atoms with Gasteiger partial charge in [0.1, 0.15) is 12.1 Å². The molecule has 8 aromatic carbocycles. The lowest BCUT2D eigenvalue weighted by molar-refractivity contribution is 1.08. The van der Waals surface area contributed by atoms with Crippen molar-refractivity contribution in [1.82, 2.24) is 9.13 Å². The lowest BCUT2D eigenvalue weighted by Crippen LogP contribution is -2.07. The molecule has 0 saturated carbocycles. The number of hydrogen-bond donors (Lipinski definition) is 0. The molecule has 0 spiro atoms. The first-order chi connectivity index (χ1) is 26.7. The summed E-state index contributed by atoms with van der Waals surface area (Å²) < 4.78 is 4.45. The van der Waals surface area contributed by atoms with Gasteiger partial charge < -0.3 is 9.13 Å². The van der Waals surface area contributed by atoms with Crippen LogP contribution in [0.1, 0.15) is 11.1 Å². The van der Waals surface area contributed by atoms with Gasteiger partial charge in [-0.15, -0.1) is 0 Å². The zero-order chi connectivity index (χ0) is 36.2. The maximum atomic E-state index is 10.9. The second kappa shape index (κ2) is 12.5. The number of benzene rings is 8. The quantitative estimate of drug-likeness (QED) is 0.181. The van der Waals surface area contributed by atoms with Gasteiger partial charge >= 0.3 is 0 Å². The maximum Gasteiger partial charge on any atom is 0.103 e. The van der Waals surface area contributed by atoms with Gasteiger partial charge in [0.2, 0.25) is 0 Å².